The molecule has 27 heavy (non-hydrogen) atoms. The molecule has 10 heteroatoms. The number of amides is 1. The van der Waals surface area contributed by atoms with E-state index < -0.39 is 10.0 Å². The maximum atomic E-state index is 12.1. The van der Waals surface area contributed by atoms with E-state index in [0.717, 1.165) is 22.9 Å². The van der Waals surface area contributed by atoms with E-state index in [1.807, 2.05) is 31.2 Å². The van der Waals surface area contributed by atoms with Crippen molar-refractivity contribution in [3.05, 3.63) is 54.1 Å². The number of primary sulfonamides is 1. The molecule has 0 spiro atoms. The lowest BCUT2D eigenvalue weighted by molar-refractivity contribution is -0.113. The molecule has 8 nitrogen and oxygen atoms in total. The zero-order valence-corrected chi connectivity index (χ0v) is 15.9. The van der Waals surface area contributed by atoms with Crippen LogP contribution in [0.25, 0.3) is 11.5 Å². The van der Waals surface area contributed by atoms with Crippen LogP contribution in [0.3, 0.4) is 0 Å². The summed E-state index contributed by atoms with van der Waals surface area (Å²) in [5, 5.41) is 15.8. The first-order chi connectivity index (χ1) is 12.8. The number of nitrogens with two attached hydrogens (primary N) is 1. The number of sulfonamides is 1. The van der Waals surface area contributed by atoms with Crippen LogP contribution in [0.5, 0.6) is 0 Å². The van der Waals surface area contributed by atoms with Crippen molar-refractivity contribution in [2.45, 2.75) is 17.0 Å². The highest BCUT2D eigenvalue weighted by Crippen LogP contribution is 2.23. The molecule has 2 aromatic carbocycles. The van der Waals surface area contributed by atoms with Gasteiger partial charge in [-0.15, -0.1) is 10.2 Å². The third-order valence-corrected chi connectivity index (χ3v) is 5.21. The van der Waals surface area contributed by atoms with Gasteiger partial charge in [-0.05, 0) is 37.3 Å². The van der Waals surface area contributed by atoms with Crippen LogP contribution >= 0.6 is 11.8 Å². The Bertz CT molecular complexity index is 1060. The molecule has 1 heterocycles. The summed E-state index contributed by atoms with van der Waals surface area (Å²) in [5.74, 6) is 0.0511. The van der Waals surface area contributed by atoms with E-state index in [-0.39, 0.29) is 21.8 Å². The largest absolute Gasteiger partial charge is 0.411 e. The van der Waals surface area contributed by atoms with Crippen LogP contribution in [-0.2, 0) is 14.8 Å². The molecule has 0 unspecified atom stereocenters. The van der Waals surface area contributed by atoms with Gasteiger partial charge in [-0.2, -0.15) is 0 Å². The van der Waals surface area contributed by atoms with Gasteiger partial charge in [-0.3, -0.25) is 4.79 Å². The van der Waals surface area contributed by atoms with Gasteiger partial charge in [0.05, 0.1) is 10.6 Å². The van der Waals surface area contributed by atoms with Crippen molar-refractivity contribution in [2.75, 3.05) is 11.1 Å². The molecule has 3 rings (SSSR count). The molecule has 3 aromatic rings. The Morgan fingerprint density at radius 3 is 2.63 bits per heavy atom. The number of anilines is 1. The van der Waals surface area contributed by atoms with Crippen molar-refractivity contribution in [1.29, 1.82) is 0 Å². The van der Waals surface area contributed by atoms with Gasteiger partial charge in [0.15, 0.2) is 0 Å². The normalized spacial score (nSPS) is 11.3. The number of carbonyl (C=O) groups excluding carboxylic acids is 1. The monoisotopic (exact) mass is 404 g/mol. The fraction of sp³-hybridized carbons (Fsp3) is 0.118. The molecule has 0 aliphatic heterocycles. The minimum atomic E-state index is -3.83. The number of carbonyl (C=O) groups is 1. The van der Waals surface area contributed by atoms with Gasteiger partial charge >= 0.3 is 0 Å². The highest BCUT2D eigenvalue weighted by atomic mass is 32.2. The molecule has 0 fully saturated rings. The molecule has 0 aliphatic rings. The SMILES string of the molecule is Cc1ccc(-c2nnc(SCC(=O)Nc3cccc(S(N)(=O)=O)c3)o2)cc1. The van der Waals surface area contributed by atoms with E-state index in [1.54, 1.807) is 6.07 Å². The number of rotatable bonds is 6. The fourth-order valence-electron chi connectivity index (χ4n) is 2.16. The maximum absolute atomic E-state index is 12.1. The smallest absolute Gasteiger partial charge is 0.277 e. The Kier molecular flexibility index (Phi) is 5.59. The molecule has 0 radical (unpaired) electrons. The summed E-state index contributed by atoms with van der Waals surface area (Å²) in [6.45, 7) is 1.98. The Morgan fingerprint density at radius 2 is 1.93 bits per heavy atom. The van der Waals surface area contributed by atoms with Crippen LogP contribution in [0.1, 0.15) is 5.56 Å². The molecular formula is C17H16N4O4S2. The van der Waals surface area contributed by atoms with Crippen molar-refractivity contribution in [3.63, 3.8) is 0 Å². The molecule has 0 aliphatic carbocycles. The molecule has 140 valence electrons. The molecule has 3 N–H and O–H groups in total. The number of nitrogens with zero attached hydrogens (tertiary/aromatic N) is 2. The summed E-state index contributed by atoms with van der Waals surface area (Å²) in [6, 6.07) is 13.3. The van der Waals surface area contributed by atoms with Crippen LogP contribution in [0.15, 0.2) is 63.1 Å². The number of nitrogens with one attached hydrogen (secondary N) is 1. The number of aryl methyl sites for hydroxylation is 1. The Morgan fingerprint density at radius 1 is 1.19 bits per heavy atom. The summed E-state index contributed by atoms with van der Waals surface area (Å²) in [6.07, 6.45) is 0. The first-order valence-electron chi connectivity index (χ1n) is 7.77. The van der Waals surface area contributed by atoms with Crippen molar-refractivity contribution < 1.29 is 17.6 Å². The van der Waals surface area contributed by atoms with Crippen LogP contribution in [0.2, 0.25) is 0 Å². The van der Waals surface area contributed by atoms with Gasteiger partial charge in [-0.25, -0.2) is 13.6 Å². The van der Waals surface area contributed by atoms with Gasteiger partial charge in [0.1, 0.15) is 0 Å². The zero-order valence-electron chi connectivity index (χ0n) is 14.2. The predicted molar refractivity (Wildman–Crippen MR) is 102 cm³/mol. The number of aromatic nitrogens is 2. The minimum absolute atomic E-state index is 0.0230. The first-order valence-corrected chi connectivity index (χ1v) is 10.3. The number of thioether (sulfide) groups is 1. The van der Waals surface area contributed by atoms with Crippen LogP contribution in [0.4, 0.5) is 5.69 Å². The summed E-state index contributed by atoms with van der Waals surface area (Å²) in [4.78, 5) is 12.0. The average molecular weight is 404 g/mol. The van der Waals surface area contributed by atoms with Crippen LogP contribution in [-0.4, -0.2) is 30.3 Å². The molecule has 0 saturated heterocycles. The standard InChI is InChI=1S/C17H16N4O4S2/c1-11-5-7-12(8-6-11)16-20-21-17(25-16)26-10-15(22)19-13-3-2-4-14(9-13)27(18,23)24/h2-9H,10H2,1H3,(H,19,22)(H2,18,23,24). The molecule has 1 amide bonds. The van der Waals surface area contributed by atoms with Crippen LogP contribution in [0, 0.1) is 6.92 Å². The van der Waals surface area contributed by atoms with Crippen molar-refractivity contribution in [2.24, 2.45) is 5.14 Å². The Labute approximate surface area is 160 Å². The molecular weight excluding hydrogens is 388 g/mol. The van der Waals surface area contributed by atoms with E-state index in [9.17, 15) is 13.2 Å². The van der Waals surface area contributed by atoms with Crippen molar-refractivity contribution >= 4 is 33.4 Å². The second kappa shape index (κ2) is 7.91. The first kappa shape index (κ1) is 19.1. The Hall–Kier alpha value is -2.69. The van der Waals surface area contributed by atoms with Crippen molar-refractivity contribution in [3.8, 4) is 11.5 Å². The van der Waals surface area contributed by atoms with Crippen molar-refractivity contribution in [1.82, 2.24) is 10.2 Å². The highest BCUT2D eigenvalue weighted by molar-refractivity contribution is 7.99. The predicted octanol–water partition coefficient (Wildman–Crippen LogP) is 2.42. The topological polar surface area (TPSA) is 128 Å². The van der Waals surface area contributed by atoms with Crippen LogP contribution < -0.4 is 10.5 Å². The second-order valence-electron chi connectivity index (χ2n) is 5.65. The summed E-state index contributed by atoms with van der Waals surface area (Å²) >= 11 is 1.08. The summed E-state index contributed by atoms with van der Waals surface area (Å²) in [5.41, 5.74) is 2.25. The van der Waals surface area contributed by atoms with E-state index in [1.165, 1.54) is 18.2 Å². The van der Waals surface area contributed by atoms with Gasteiger partial charge in [0.2, 0.25) is 21.8 Å². The average Bonchev–Trinajstić information content (AvgIpc) is 3.09. The molecule has 1 aromatic heterocycles. The third kappa shape index (κ3) is 5.16. The molecule has 0 atom stereocenters. The Balaban J connectivity index is 1.59. The molecule has 0 bridgehead atoms. The van der Waals surface area contributed by atoms with E-state index >= 15 is 0 Å². The third-order valence-electron chi connectivity index (χ3n) is 3.48. The number of hydrogen-bond acceptors (Lipinski definition) is 7. The number of hydrogen-bond donors (Lipinski definition) is 2. The second-order valence-corrected chi connectivity index (χ2v) is 8.14. The maximum Gasteiger partial charge on any atom is 0.277 e. The highest BCUT2D eigenvalue weighted by Gasteiger charge is 2.13. The number of benzene rings is 2. The van der Waals surface area contributed by atoms with Gasteiger partial charge in [0, 0.05) is 11.3 Å². The zero-order chi connectivity index (χ0) is 19.4. The van der Waals surface area contributed by atoms with Gasteiger partial charge in [-0.1, -0.05) is 35.5 Å². The van der Waals surface area contributed by atoms with Gasteiger partial charge in [0.25, 0.3) is 5.22 Å². The summed E-state index contributed by atoms with van der Waals surface area (Å²) < 4.78 is 28.2. The minimum Gasteiger partial charge on any atom is -0.411 e. The fourth-order valence-corrected chi connectivity index (χ4v) is 3.28. The lowest BCUT2D eigenvalue weighted by Gasteiger charge is -2.05. The van der Waals surface area contributed by atoms with Gasteiger partial charge < -0.3 is 9.73 Å². The lowest BCUT2D eigenvalue weighted by Crippen LogP contribution is -2.16. The lowest BCUT2D eigenvalue weighted by atomic mass is 10.1. The molecule has 0 saturated carbocycles. The van der Waals surface area contributed by atoms with E-state index in [4.69, 9.17) is 9.56 Å². The van der Waals surface area contributed by atoms with E-state index in [0.29, 0.717) is 11.6 Å². The van der Waals surface area contributed by atoms with E-state index in [2.05, 4.69) is 15.5 Å². The quantitative estimate of drug-likeness (QED) is 0.604. The summed E-state index contributed by atoms with van der Waals surface area (Å²) in [7, 11) is -3.83.